The summed E-state index contributed by atoms with van der Waals surface area (Å²) in [6, 6.07) is 4.26. The van der Waals surface area contributed by atoms with Gasteiger partial charge in [-0.2, -0.15) is 0 Å². The van der Waals surface area contributed by atoms with Crippen molar-refractivity contribution < 1.29 is 4.79 Å². The molecule has 3 atom stereocenters. The van der Waals surface area contributed by atoms with Gasteiger partial charge in [0.05, 0.1) is 23.8 Å². The van der Waals surface area contributed by atoms with Gasteiger partial charge in [-0.3, -0.25) is 4.79 Å². The largest absolute Gasteiger partial charge is 0.368 e. The normalized spacial score (nSPS) is 28.0. The Balaban J connectivity index is 1.32. The number of nitrogens with one attached hydrogen (secondary N) is 3. The molecule has 0 spiro atoms. The minimum atomic E-state index is -0.140. The van der Waals surface area contributed by atoms with Crippen molar-refractivity contribution in [2.45, 2.75) is 26.1 Å². The molecule has 4 aliphatic rings. The zero-order valence-corrected chi connectivity index (χ0v) is 17.4. The minimum absolute atomic E-state index is 0.0127. The topological polar surface area (TPSA) is 97.2 Å². The molecule has 0 aromatic carbocycles. The Morgan fingerprint density at radius 3 is 2.80 bits per heavy atom. The zero-order valence-electron chi connectivity index (χ0n) is 17.4. The van der Waals surface area contributed by atoms with Crippen LogP contribution < -0.4 is 20.9 Å². The van der Waals surface area contributed by atoms with Gasteiger partial charge >= 0.3 is 0 Å². The van der Waals surface area contributed by atoms with Crippen molar-refractivity contribution in [3.05, 3.63) is 30.1 Å². The predicted octanol–water partition coefficient (Wildman–Crippen LogP) is 0.640. The van der Waals surface area contributed by atoms with Crippen molar-refractivity contribution in [3.8, 4) is 0 Å². The monoisotopic (exact) mass is 408 g/mol. The van der Waals surface area contributed by atoms with E-state index in [0.717, 1.165) is 31.9 Å². The van der Waals surface area contributed by atoms with Crippen LogP contribution in [0.3, 0.4) is 0 Å². The average molecular weight is 409 g/mol. The van der Waals surface area contributed by atoms with Gasteiger partial charge in [-0.25, -0.2) is 15.0 Å². The number of piperazine rings is 2. The van der Waals surface area contributed by atoms with E-state index in [4.69, 9.17) is 4.99 Å². The van der Waals surface area contributed by atoms with E-state index in [0.29, 0.717) is 29.9 Å². The third kappa shape index (κ3) is 3.43. The summed E-state index contributed by atoms with van der Waals surface area (Å²) >= 11 is 0. The highest BCUT2D eigenvalue weighted by Gasteiger charge is 2.45. The molecule has 2 unspecified atom stereocenters. The molecule has 0 saturated carbocycles. The van der Waals surface area contributed by atoms with Crippen LogP contribution in [0.2, 0.25) is 0 Å². The lowest BCUT2D eigenvalue weighted by atomic mass is 9.99. The number of aliphatic imine (C=N–C) groups is 2. The summed E-state index contributed by atoms with van der Waals surface area (Å²) in [5.41, 5.74) is 1.84. The third-order valence-electron chi connectivity index (χ3n) is 6.18. The maximum absolute atomic E-state index is 12.4. The molecule has 5 heterocycles. The zero-order chi connectivity index (χ0) is 20.7. The lowest BCUT2D eigenvalue weighted by Gasteiger charge is -2.42. The first kappa shape index (κ1) is 19.0. The van der Waals surface area contributed by atoms with Crippen LogP contribution >= 0.6 is 0 Å². The highest BCUT2D eigenvalue weighted by atomic mass is 16.2. The van der Waals surface area contributed by atoms with Gasteiger partial charge in [0.2, 0.25) is 5.96 Å². The molecule has 0 aliphatic carbocycles. The molecule has 1 aromatic heterocycles. The number of hydrogen-bond donors (Lipinski definition) is 3. The molecule has 3 N–H and O–H groups in total. The molecule has 9 nitrogen and oxygen atoms in total. The molecule has 2 saturated heterocycles. The van der Waals surface area contributed by atoms with Crippen molar-refractivity contribution in [2.75, 3.05) is 42.9 Å². The summed E-state index contributed by atoms with van der Waals surface area (Å²) in [6.07, 6.45) is 5.62. The number of fused-ring (bicyclic) bond motifs is 3. The SMILES string of the molecule is CC(C)[C@H]1CNC(=O)C2=CC3C=NC(Nc4ccc(N5CCNCC5)cn4)=NC3N21. The van der Waals surface area contributed by atoms with Crippen molar-refractivity contribution in [1.29, 1.82) is 0 Å². The third-order valence-corrected chi connectivity index (χ3v) is 6.18. The van der Waals surface area contributed by atoms with Crippen LogP contribution in [-0.2, 0) is 4.79 Å². The maximum Gasteiger partial charge on any atom is 0.267 e. The van der Waals surface area contributed by atoms with Gasteiger partial charge in [0.15, 0.2) is 0 Å². The second-order valence-corrected chi connectivity index (χ2v) is 8.47. The molecule has 5 rings (SSSR count). The predicted molar refractivity (Wildman–Crippen MR) is 118 cm³/mol. The van der Waals surface area contributed by atoms with Gasteiger partial charge in [0.1, 0.15) is 17.7 Å². The van der Waals surface area contributed by atoms with E-state index in [-0.39, 0.29) is 24.0 Å². The van der Waals surface area contributed by atoms with Crippen LogP contribution in [0.5, 0.6) is 0 Å². The van der Waals surface area contributed by atoms with Gasteiger partial charge in [0.25, 0.3) is 5.91 Å². The molecule has 4 aliphatic heterocycles. The van der Waals surface area contributed by atoms with Crippen molar-refractivity contribution in [2.24, 2.45) is 21.8 Å². The number of pyridine rings is 1. The number of anilines is 2. The molecule has 0 radical (unpaired) electrons. The first-order chi connectivity index (χ1) is 14.6. The second-order valence-electron chi connectivity index (χ2n) is 8.47. The van der Waals surface area contributed by atoms with Crippen LogP contribution in [-0.4, -0.2) is 72.9 Å². The smallest absolute Gasteiger partial charge is 0.267 e. The molecular formula is C21H28N8O. The van der Waals surface area contributed by atoms with Gasteiger partial charge < -0.3 is 25.8 Å². The molecule has 158 valence electrons. The molecule has 9 heteroatoms. The van der Waals surface area contributed by atoms with E-state index in [2.05, 4.69) is 55.6 Å². The molecular weight excluding hydrogens is 380 g/mol. The molecule has 30 heavy (non-hydrogen) atoms. The van der Waals surface area contributed by atoms with Gasteiger partial charge in [-0.1, -0.05) is 13.8 Å². The maximum atomic E-state index is 12.4. The summed E-state index contributed by atoms with van der Waals surface area (Å²) in [6.45, 7) is 8.97. The summed E-state index contributed by atoms with van der Waals surface area (Å²) in [4.78, 5) is 30.8. The Labute approximate surface area is 176 Å². The molecule has 0 bridgehead atoms. The number of carbonyl (C=O) groups is 1. The number of aromatic nitrogens is 1. The van der Waals surface area contributed by atoms with E-state index < -0.39 is 0 Å². The quantitative estimate of drug-likeness (QED) is 0.679. The lowest BCUT2D eigenvalue weighted by Crippen LogP contribution is -2.56. The van der Waals surface area contributed by atoms with Crippen LogP contribution in [0.15, 0.2) is 40.1 Å². The lowest BCUT2D eigenvalue weighted by molar-refractivity contribution is -0.122. The van der Waals surface area contributed by atoms with Crippen LogP contribution in [0.25, 0.3) is 0 Å². The Bertz CT molecular complexity index is 900. The Kier molecular flexibility index (Phi) is 4.90. The van der Waals surface area contributed by atoms with E-state index in [9.17, 15) is 4.79 Å². The molecule has 1 amide bonds. The minimum Gasteiger partial charge on any atom is -0.368 e. The van der Waals surface area contributed by atoms with E-state index in [1.165, 1.54) is 0 Å². The number of nitrogens with zero attached hydrogens (tertiary/aromatic N) is 5. The van der Waals surface area contributed by atoms with Gasteiger partial charge in [-0.15, -0.1) is 0 Å². The van der Waals surface area contributed by atoms with Crippen LogP contribution in [0.1, 0.15) is 13.8 Å². The van der Waals surface area contributed by atoms with Crippen molar-refractivity contribution in [1.82, 2.24) is 20.5 Å². The standard InChI is InChI=1S/C21H28N8O/c1-13(2)17-12-24-20(30)16-9-14-10-25-21(27-19(14)29(16)17)26-18-4-3-15(11-23-18)28-7-5-22-6-8-28/h3-4,9-11,13-14,17,19,22H,5-8,12H2,1-2H3,(H,24,30)(H,23,26,27)/t14?,17-,19?/m1/s1. The first-order valence-corrected chi connectivity index (χ1v) is 10.7. The van der Waals surface area contributed by atoms with Crippen LogP contribution in [0.4, 0.5) is 11.5 Å². The van der Waals surface area contributed by atoms with Crippen molar-refractivity contribution in [3.63, 3.8) is 0 Å². The van der Waals surface area contributed by atoms with E-state index in [1.54, 1.807) is 0 Å². The van der Waals surface area contributed by atoms with Gasteiger partial charge in [0, 0.05) is 38.9 Å². The van der Waals surface area contributed by atoms with Gasteiger partial charge in [-0.05, 0) is 24.1 Å². The highest BCUT2D eigenvalue weighted by Crippen LogP contribution is 2.35. The first-order valence-electron chi connectivity index (χ1n) is 10.7. The van der Waals surface area contributed by atoms with Crippen molar-refractivity contribution >= 4 is 29.6 Å². The summed E-state index contributed by atoms with van der Waals surface area (Å²) in [5, 5.41) is 9.60. The number of guanidine groups is 1. The Morgan fingerprint density at radius 1 is 1.23 bits per heavy atom. The number of rotatable bonds is 3. The Hall–Kier alpha value is -2.94. The summed E-state index contributed by atoms with van der Waals surface area (Å²) < 4.78 is 0. The second kappa shape index (κ2) is 7.71. The molecule has 2 fully saturated rings. The van der Waals surface area contributed by atoms with E-state index >= 15 is 0 Å². The van der Waals surface area contributed by atoms with E-state index in [1.807, 2.05) is 24.6 Å². The summed E-state index contributed by atoms with van der Waals surface area (Å²) in [5.74, 6) is 1.63. The van der Waals surface area contributed by atoms with Crippen LogP contribution in [0, 0.1) is 11.8 Å². The number of hydrogen-bond acceptors (Lipinski definition) is 8. The highest BCUT2D eigenvalue weighted by molar-refractivity contribution is 6.01. The Morgan fingerprint density at radius 2 is 2.07 bits per heavy atom. The fourth-order valence-electron chi connectivity index (χ4n) is 4.53. The fourth-order valence-corrected chi connectivity index (χ4v) is 4.53. The fraction of sp³-hybridized carbons (Fsp3) is 0.524. The summed E-state index contributed by atoms with van der Waals surface area (Å²) in [7, 11) is 0. The number of carbonyl (C=O) groups excluding carboxylic acids is 1. The number of amides is 1. The average Bonchev–Trinajstić information content (AvgIpc) is 3.15. The molecule has 1 aromatic rings.